The molecule has 0 aliphatic carbocycles. The number of aliphatic hydroxyl groups excluding tert-OH is 2. The quantitative estimate of drug-likeness (QED) is 0.698. The zero-order valence-corrected chi connectivity index (χ0v) is 9.13. The molecular formula is C12H17NO3. The lowest BCUT2D eigenvalue weighted by Gasteiger charge is -2.18. The van der Waals surface area contributed by atoms with Gasteiger partial charge in [-0.05, 0) is 24.5 Å². The van der Waals surface area contributed by atoms with Crippen molar-refractivity contribution in [1.29, 1.82) is 0 Å². The Labute approximate surface area is 94.8 Å². The molecule has 1 aromatic rings. The van der Waals surface area contributed by atoms with Crippen LogP contribution in [0.2, 0.25) is 0 Å². The third kappa shape index (κ3) is 2.28. The minimum absolute atomic E-state index is 0.0370. The van der Waals surface area contributed by atoms with Crippen LogP contribution >= 0.6 is 0 Å². The second-order valence-electron chi connectivity index (χ2n) is 4.18. The number of aliphatic hydroxyl groups is 2. The highest BCUT2D eigenvalue weighted by Gasteiger charge is 2.20. The number of rotatable bonds is 3. The fourth-order valence-corrected chi connectivity index (χ4v) is 2.06. The SMILES string of the molecule is OCCc1ccc(N2CCC(O)C2)cc1O. The van der Waals surface area contributed by atoms with E-state index in [1.807, 2.05) is 17.0 Å². The zero-order valence-electron chi connectivity index (χ0n) is 9.13. The van der Waals surface area contributed by atoms with Gasteiger partial charge in [0.1, 0.15) is 5.75 Å². The van der Waals surface area contributed by atoms with Crippen LogP contribution in [0.5, 0.6) is 5.75 Å². The number of phenolic OH excluding ortho intramolecular Hbond substituents is 1. The number of hydrogen-bond donors (Lipinski definition) is 3. The van der Waals surface area contributed by atoms with Gasteiger partial charge in [0.25, 0.3) is 0 Å². The number of anilines is 1. The first-order chi connectivity index (χ1) is 7.70. The van der Waals surface area contributed by atoms with Gasteiger partial charge in [-0.1, -0.05) is 6.07 Å². The first kappa shape index (κ1) is 11.2. The predicted octanol–water partition coefficient (Wildman–Crippen LogP) is 0.498. The summed E-state index contributed by atoms with van der Waals surface area (Å²) in [6.45, 7) is 1.48. The van der Waals surface area contributed by atoms with Crippen LogP contribution < -0.4 is 4.90 Å². The predicted molar refractivity (Wildman–Crippen MR) is 61.7 cm³/mol. The molecule has 1 atom stereocenters. The summed E-state index contributed by atoms with van der Waals surface area (Å²) in [6.07, 6.45) is 0.979. The van der Waals surface area contributed by atoms with E-state index in [2.05, 4.69) is 0 Å². The van der Waals surface area contributed by atoms with Gasteiger partial charge < -0.3 is 20.2 Å². The van der Waals surface area contributed by atoms with Crippen molar-refractivity contribution in [3.8, 4) is 5.75 Å². The van der Waals surface area contributed by atoms with E-state index in [0.717, 1.165) is 24.2 Å². The van der Waals surface area contributed by atoms with Gasteiger partial charge in [-0.15, -0.1) is 0 Å². The van der Waals surface area contributed by atoms with Gasteiger partial charge in [0.15, 0.2) is 0 Å². The van der Waals surface area contributed by atoms with E-state index >= 15 is 0 Å². The maximum Gasteiger partial charge on any atom is 0.120 e. The van der Waals surface area contributed by atoms with E-state index in [0.29, 0.717) is 13.0 Å². The second-order valence-corrected chi connectivity index (χ2v) is 4.18. The molecule has 0 saturated carbocycles. The summed E-state index contributed by atoms with van der Waals surface area (Å²) in [5.74, 6) is 0.216. The zero-order chi connectivity index (χ0) is 11.5. The van der Waals surface area contributed by atoms with Crippen molar-refractivity contribution < 1.29 is 15.3 Å². The minimum Gasteiger partial charge on any atom is -0.508 e. The number of benzene rings is 1. The van der Waals surface area contributed by atoms with E-state index in [1.54, 1.807) is 6.07 Å². The fraction of sp³-hybridized carbons (Fsp3) is 0.500. The summed E-state index contributed by atoms with van der Waals surface area (Å²) in [5, 5.41) is 28.0. The normalized spacial score (nSPS) is 20.4. The molecule has 4 heteroatoms. The average molecular weight is 223 g/mol. The van der Waals surface area contributed by atoms with Crippen molar-refractivity contribution in [1.82, 2.24) is 0 Å². The summed E-state index contributed by atoms with van der Waals surface area (Å²) in [7, 11) is 0. The number of aromatic hydroxyl groups is 1. The highest BCUT2D eigenvalue weighted by Crippen LogP contribution is 2.27. The molecule has 1 unspecified atom stereocenters. The van der Waals surface area contributed by atoms with Crippen LogP contribution in [0.1, 0.15) is 12.0 Å². The molecule has 1 heterocycles. The Hall–Kier alpha value is -1.26. The molecule has 0 amide bonds. The Bertz CT molecular complexity index is 367. The molecule has 2 rings (SSSR count). The molecule has 1 aliphatic heterocycles. The van der Waals surface area contributed by atoms with Crippen LogP contribution in [0, 0.1) is 0 Å². The third-order valence-corrected chi connectivity index (χ3v) is 2.98. The molecule has 88 valence electrons. The maximum atomic E-state index is 9.75. The van der Waals surface area contributed by atoms with Gasteiger partial charge in [0.2, 0.25) is 0 Å². The van der Waals surface area contributed by atoms with E-state index in [4.69, 9.17) is 5.11 Å². The van der Waals surface area contributed by atoms with Crippen LogP contribution in [-0.4, -0.2) is 41.1 Å². The van der Waals surface area contributed by atoms with Gasteiger partial charge in [-0.2, -0.15) is 0 Å². The molecule has 1 fully saturated rings. The van der Waals surface area contributed by atoms with Crippen LogP contribution in [0.4, 0.5) is 5.69 Å². The Balaban J connectivity index is 2.14. The van der Waals surface area contributed by atoms with Crippen LogP contribution in [-0.2, 0) is 6.42 Å². The van der Waals surface area contributed by atoms with Crippen molar-refractivity contribution in [2.24, 2.45) is 0 Å². The molecule has 3 N–H and O–H groups in total. The lowest BCUT2D eigenvalue weighted by Crippen LogP contribution is -2.21. The minimum atomic E-state index is -0.265. The van der Waals surface area contributed by atoms with Crippen molar-refractivity contribution >= 4 is 5.69 Å². The largest absolute Gasteiger partial charge is 0.508 e. The number of phenols is 1. The summed E-state index contributed by atoms with van der Waals surface area (Å²) < 4.78 is 0. The van der Waals surface area contributed by atoms with Gasteiger partial charge in [-0.3, -0.25) is 0 Å². The first-order valence-corrected chi connectivity index (χ1v) is 5.56. The monoisotopic (exact) mass is 223 g/mol. The number of hydrogen-bond acceptors (Lipinski definition) is 4. The molecule has 16 heavy (non-hydrogen) atoms. The lowest BCUT2D eigenvalue weighted by atomic mass is 10.1. The fourth-order valence-electron chi connectivity index (χ4n) is 2.06. The highest BCUT2D eigenvalue weighted by molar-refractivity contribution is 5.54. The Kier molecular flexibility index (Phi) is 3.31. The molecule has 0 bridgehead atoms. The topological polar surface area (TPSA) is 63.9 Å². The van der Waals surface area contributed by atoms with Gasteiger partial charge in [0.05, 0.1) is 6.10 Å². The third-order valence-electron chi connectivity index (χ3n) is 2.98. The highest BCUT2D eigenvalue weighted by atomic mass is 16.3. The van der Waals surface area contributed by atoms with Crippen LogP contribution in [0.25, 0.3) is 0 Å². The van der Waals surface area contributed by atoms with Crippen molar-refractivity contribution in [2.45, 2.75) is 18.9 Å². The summed E-state index contributed by atoms with van der Waals surface area (Å²) in [4.78, 5) is 2.05. The Morgan fingerprint density at radius 3 is 2.75 bits per heavy atom. The summed E-state index contributed by atoms with van der Waals surface area (Å²) >= 11 is 0. The molecule has 1 aliphatic rings. The lowest BCUT2D eigenvalue weighted by molar-refractivity contribution is 0.198. The van der Waals surface area contributed by atoms with Crippen molar-refractivity contribution in [3.05, 3.63) is 23.8 Å². The van der Waals surface area contributed by atoms with Crippen molar-refractivity contribution in [2.75, 3.05) is 24.6 Å². The maximum absolute atomic E-state index is 9.75. The van der Waals surface area contributed by atoms with E-state index in [1.165, 1.54) is 0 Å². The molecule has 4 nitrogen and oxygen atoms in total. The van der Waals surface area contributed by atoms with Crippen LogP contribution in [0.3, 0.4) is 0 Å². The van der Waals surface area contributed by atoms with Crippen LogP contribution in [0.15, 0.2) is 18.2 Å². The van der Waals surface area contributed by atoms with Gasteiger partial charge in [0, 0.05) is 31.5 Å². The second kappa shape index (κ2) is 4.72. The first-order valence-electron chi connectivity index (χ1n) is 5.56. The van der Waals surface area contributed by atoms with Crippen molar-refractivity contribution in [3.63, 3.8) is 0 Å². The summed E-state index contributed by atoms with van der Waals surface area (Å²) in [5.41, 5.74) is 1.68. The van der Waals surface area contributed by atoms with Gasteiger partial charge >= 0.3 is 0 Å². The molecule has 0 aromatic heterocycles. The standard InChI is InChI=1S/C12H17NO3/c14-6-4-9-1-2-10(7-12(9)16)13-5-3-11(15)8-13/h1-2,7,11,14-16H,3-6,8H2. The molecule has 1 aromatic carbocycles. The van der Waals surface area contributed by atoms with E-state index < -0.39 is 0 Å². The number of nitrogens with zero attached hydrogens (tertiary/aromatic N) is 1. The van der Waals surface area contributed by atoms with Gasteiger partial charge in [-0.25, -0.2) is 0 Å². The molecule has 1 saturated heterocycles. The average Bonchev–Trinajstić information content (AvgIpc) is 2.68. The summed E-state index contributed by atoms with van der Waals surface area (Å²) in [6, 6.07) is 5.44. The Morgan fingerprint density at radius 1 is 1.38 bits per heavy atom. The number of β-amino-alcohol motifs (C(OH)–C–C–N with tert-alkyl or cyclic N) is 1. The van der Waals surface area contributed by atoms with E-state index in [9.17, 15) is 10.2 Å². The molecular weight excluding hydrogens is 206 g/mol. The smallest absolute Gasteiger partial charge is 0.120 e. The Morgan fingerprint density at radius 2 is 2.19 bits per heavy atom. The molecule has 0 spiro atoms. The molecule has 0 radical (unpaired) electrons. The van der Waals surface area contributed by atoms with E-state index in [-0.39, 0.29) is 18.5 Å².